The molecule has 0 unspecified atom stereocenters. The minimum atomic E-state index is -3.73. The molecule has 2 N–H and O–H groups in total. The number of carbonyl (C=O) groups is 2. The van der Waals surface area contributed by atoms with Crippen molar-refractivity contribution < 1.29 is 27.9 Å². The Kier molecular flexibility index (Phi) is 5.71. The Morgan fingerprint density at radius 3 is 2.57 bits per heavy atom. The van der Waals surface area contributed by atoms with Crippen molar-refractivity contribution in [1.82, 2.24) is 0 Å². The Labute approximate surface area is 123 Å². The van der Waals surface area contributed by atoms with E-state index in [1.807, 2.05) is 0 Å². The van der Waals surface area contributed by atoms with Crippen molar-refractivity contribution in [1.29, 1.82) is 0 Å². The lowest BCUT2D eigenvalue weighted by atomic mass is 10.1. The second-order valence-corrected chi connectivity index (χ2v) is 6.30. The fraction of sp³-hybridized carbons (Fsp3) is 0.385. The Hall–Kier alpha value is -2.09. The van der Waals surface area contributed by atoms with Crippen LogP contribution < -0.4 is 4.72 Å². The van der Waals surface area contributed by atoms with Gasteiger partial charge < -0.3 is 9.84 Å². The van der Waals surface area contributed by atoms with Crippen LogP contribution in [0.3, 0.4) is 0 Å². The molecule has 0 saturated heterocycles. The fourth-order valence-electron chi connectivity index (χ4n) is 1.66. The summed E-state index contributed by atoms with van der Waals surface area (Å²) in [6.07, 6.45) is -0.247. The summed E-state index contributed by atoms with van der Waals surface area (Å²) in [5.74, 6) is -2.05. The Balaban J connectivity index is 2.91. The van der Waals surface area contributed by atoms with Crippen LogP contribution in [0.15, 0.2) is 18.2 Å². The molecule has 0 saturated carbocycles. The number of anilines is 1. The van der Waals surface area contributed by atoms with Gasteiger partial charge in [0, 0.05) is 6.42 Å². The second-order valence-electron chi connectivity index (χ2n) is 4.46. The number of methoxy groups -OCH3 is 1. The molecule has 0 radical (unpaired) electrons. The van der Waals surface area contributed by atoms with Gasteiger partial charge in [-0.2, -0.15) is 0 Å². The highest BCUT2D eigenvalue weighted by atomic mass is 32.2. The summed E-state index contributed by atoms with van der Waals surface area (Å²) < 4.78 is 30.6. The van der Waals surface area contributed by atoms with Gasteiger partial charge in [0.15, 0.2) is 0 Å². The zero-order valence-corrected chi connectivity index (χ0v) is 12.6. The molecule has 0 bridgehead atoms. The quantitative estimate of drug-likeness (QED) is 0.736. The van der Waals surface area contributed by atoms with E-state index >= 15 is 0 Å². The third-order valence-corrected chi connectivity index (χ3v) is 4.01. The molecular formula is C13H17NO6S. The standard InChI is InChI=1S/C13H17NO6S/c1-9-5-6-11(10(8-9)13(17)20-2)14-21(18,19)7-3-4-12(15)16/h5-6,8,14H,3-4,7H2,1-2H3,(H,15,16). The van der Waals surface area contributed by atoms with Gasteiger partial charge in [-0.25, -0.2) is 13.2 Å². The predicted octanol–water partition coefficient (Wildman–Crippen LogP) is 1.39. The van der Waals surface area contributed by atoms with Crippen molar-refractivity contribution in [3.63, 3.8) is 0 Å². The summed E-state index contributed by atoms with van der Waals surface area (Å²) in [5, 5.41) is 8.50. The molecule has 8 heteroatoms. The van der Waals surface area contributed by atoms with Crippen LogP contribution in [0.25, 0.3) is 0 Å². The number of benzene rings is 1. The minimum Gasteiger partial charge on any atom is -0.481 e. The highest BCUT2D eigenvalue weighted by Gasteiger charge is 2.17. The van der Waals surface area contributed by atoms with Gasteiger partial charge in [-0.3, -0.25) is 9.52 Å². The summed E-state index contributed by atoms with van der Waals surface area (Å²) in [5.41, 5.74) is 1.01. The SMILES string of the molecule is COC(=O)c1cc(C)ccc1NS(=O)(=O)CCCC(=O)O. The first-order chi connectivity index (χ1) is 9.75. The van der Waals surface area contributed by atoms with Gasteiger partial charge in [-0.15, -0.1) is 0 Å². The van der Waals surface area contributed by atoms with Crippen LogP contribution in [-0.2, 0) is 19.6 Å². The van der Waals surface area contributed by atoms with Gasteiger partial charge in [0.05, 0.1) is 24.1 Å². The largest absolute Gasteiger partial charge is 0.481 e. The van der Waals surface area contributed by atoms with Crippen LogP contribution in [0.2, 0.25) is 0 Å². The molecule has 1 aromatic rings. The first-order valence-corrected chi connectivity index (χ1v) is 7.81. The Morgan fingerprint density at radius 1 is 1.33 bits per heavy atom. The van der Waals surface area contributed by atoms with Gasteiger partial charge in [0.1, 0.15) is 0 Å². The van der Waals surface area contributed by atoms with Crippen LogP contribution in [0.4, 0.5) is 5.69 Å². The van der Waals surface area contributed by atoms with E-state index in [4.69, 9.17) is 5.11 Å². The topological polar surface area (TPSA) is 110 Å². The molecular weight excluding hydrogens is 298 g/mol. The number of nitrogens with one attached hydrogen (secondary N) is 1. The van der Waals surface area contributed by atoms with Crippen molar-refractivity contribution in [3.8, 4) is 0 Å². The average Bonchev–Trinajstić information content (AvgIpc) is 2.39. The highest BCUT2D eigenvalue weighted by molar-refractivity contribution is 7.92. The summed E-state index contributed by atoms with van der Waals surface area (Å²) in [6, 6.07) is 4.64. The lowest BCUT2D eigenvalue weighted by Gasteiger charge is -2.12. The number of hydrogen-bond donors (Lipinski definition) is 2. The molecule has 0 aliphatic heterocycles. The normalized spacial score (nSPS) is 11.0. The Morgan fingerprint density at radius 2 is 2.00 bits per heavy atom. The molecule has 0 aromatic heterocycles. The van der Waals surface area contributed by atoms with Gasteiger partial charge >= 0.3 is 11.9 Å². The van der Waals surface area contributed by atoms with E-state index in [0.717, 1.165) is 5.56 Å². The van der Waals surface area contributed by atoms with E-state index in [0.29, 0.717) is 0 Å². The molecule has 0 atom stereocenters. The van der Waals surface area contributed by atoms with Crippen LogP contribution >= 0.6 is 0 Å². The van der Waals surface area contributed by atoms with Crippen molar-refractivity contribution in [2.75, 3.05) is 17.6 Å². The van der Waals surface area contributed by atoms with Crippen molar-refractivity contribution in [2.24, 2.45) is 0 Å². The van der Waals surface area contributed by atoms with Crippen molar-refractivity contribution in [2.45, 2.75) is 19.8 Å². The molecule has 1 aromatic carbocycles. The number of ether oxygens (including phenoxy) is 1. The maximum atomic E-state index is 11.9. The smallest absolute Gasteiger partial charge is 0.340 e. The van der Waals surface area contributed by atoms with Crippen LogP contribution in [0.5, 0.6) is 0 Å². The van der Waals surface area contributed by atoms with Crippen LogP contribution in [-0.4, -0.2) is 38.3 Å². The number of esters is 1. The number of sulfonamides is 1. The maximum absolute atomic E-state index is 11.9. The Bertz CT molecular complexity index is 638. The lowest BCUT2D eigenvalue weighted by Crippen LogP contribution is -2.19. The zero-order chi connectivity index (χ0) is 16.0. The number of carbonyl (C=O) groups excluding carboxylic acids is 1. The molecule has 116 valence electrons. The van der Waals surface area contributed by atoms with E-state index in [1.165, 1.54) is 19.2 Å². The first-order valence-electron chi connectivity index (χ1n) is 6.16. The van der Waals surface area contributed by atoms with Gasteiger partial charge in [0.25, 0.3) is 0 Å². The zero-order valence-electron chi connectivity index (χ0n) is 11.8. The molecule has 0 aliphatic carbocycles. The average molecular weight is 315 g/mol. The molecule has 0 aliphatic rings. The summed E-state index contributed by atoms with van der Waals surface area (Å²) in [4.78, 5) is 22.0. The highest BCUT2D eigenvalue weighted by Crippen LogP contribution is 2.20. The number of carboxylic acid groups (broad SMARTS) is 1. The van der Waals surface area contributed by atoms with E-state index in [1.54, 1.807) is 13.0 Å². The van der Waals surface area contributed by atoms with Crippen molar-refractivity contribution >= 4 is 27.6 Å². The van der Waals surface area contributed by atoms with E-state index in [2.05, 4.69) is 9.46 Å². The third kappa shape index (κ3) is 5.42. The fourth-order valence-corrected chi connectivity index (χ4v) is 2.80. The molecule has 21 heavy (non-hydrogen) atoms. The number of carboxylic acids is 1. The lowest BCUT2D eigenvalue weighted by molar-refractivity contribution is -0.137. The molecule has 0 heterocycles. The van der Waals surface area contributed by atoms with Crippen LogP contribution in [0, 0.1) is 6.92 Å². The molecule has 7 nitrogen and oxygen atoms in total. The number of rotatable bonds is 7. The summed E-state index contributed by atoms with van der Waals surface area (Å²) >= 11 is 0. The second kappa shape index (κ2) is 7.07. The van der Waals surface area contributed by atoms with E-state index in [-0.39, 0.29) is 29.8 Å². The molecule has 0 fully saturated rings. The maximum Gasteiger partial charge on any atom is 0.340 e. The first kappa shape index (κ1) is 17.0. The monoisotopic (exact) mass is 315 g/mol. The van der Waals surface area contributed by atoms with Crippen LogP contribution in [0.1, 0.15) is 28.8 Å². The van der Waals surface area contributed by atoms with Crippen molar-refractivity contribution in [3.05, 3.63) is 29.3 Å². The van der Waals surface area contributed by atoms with E-state index < -0.39 is 22.0 Å². The number of hydrogen-bond acceptors (Lipinski definition) is 5. The number of aryl methyl sites for hydroxylation is 1. The van der Waals surface area contributed by atoms with Gasteiger partial charge in [-0.05, 0) is 25.5 Å². The van der Waals surface area contributed by atoms with Gasteiger partial charge in [-0.1, -0.05) is 11.6 Å². The third-order valence-electron chi connectivity index (χ3n) is 2.65. The predicted molar refractivity (Wildman–Crippen MR) is 76.8 cm³/mol. The van der Waals surface area contributed by atoms with E-state index in [9.17, 15) is 18.0 Å². The minimum absolute atomic E-state index is 0.00984. The molecule has 0 amide bonds. The molecule has 1 rings (SSSR count). The van der Waals surface area contributed by atoms with Gasteiger partial charge in [0.2, 0.25) is 10.0 Å². The number of aliphatic carboxylic acids is 1. The summed E-state index contributed by atoms with van der Waals surface area (Å²) in [6.45, 7) is 1.76. The molecule has 0 spiro atoms. The summed E-state index contributed by atoms with van der Waals surface area (Å²) in [7, 11) is -2.52.